The van der Waals surface area contributed by atoms with Crippen LogP contribution in [0.2, 0.25) is 10.3 Å². The number of aromatic nitrogens is 2. The van der Waals surface area contributed by atoms with Crippen LogP contribution in [-0.2, 0) is 0 Å². The summed E-state index contributed by atoms with van der Waals surface area (Å²) >= 11 is 11.9. The molecule has 0 aliphatic rings. The van der Waals surface area contributed by atoms with E-state index in [0.29, 0.717) is 10.8 Å². The van der Waals surface area contributed by atoms with E-state index in [0.717, 1.165) is 16.8 Å². The fourth-order valence-corrected chi connectivity index (χ4v) is 1.99. The van der Waals surface area contributed by atoms with E-state index in [1.165, 1.54) is 0 Å². The first-order valence-corrected chi connectivity index (χ1v) is 5.70. The summed E-state index contributed by atoms with van der Waals surface area (Å²) in [5.74, 6) is 0.714. The number of nitrogens with zero attached hydrogens (tertiary/aromatic N) is 2. The monoisotopic (exact) mass is 268 g/mol. The van der Waals surface area contributed by atoms with Gasteiger partial charge in [0.05, 0.1) is 17.8 Å². The number of halogens is 2. The Morgan fingerprint density at radius 3 is 2.53 bits per heavy atom. The van der Waals surface area contributed by atoms with Gasteiger partial charge in [0.25, 0.3) is 0 Å². The highest BCUT2D eigenvalue weighted by atomic mass is 35.5. The molecular formula is C12H10Cl2N2O. The zero-order chi connectivity index (χ0) is 12.4. The fraction of sp³-hybridized carbons (Fsp3) is 0.167. The van der Waals surface area contributed by atoms with Crippen LogP contribution in [0.3, 0.4) is 0 Å². The number of methoxy groups -OCH3 is 1. The third-order valence-corrected chi connectivity index (χ3v) is 2.91. The topological polar surface area (TPSA) is 35.0 Å². The zero-order valence-corrected chi connectivity index (χ0v) is 10.9. The molecule has 2 rings (SSSR count). The van der Waals surface area contributed by atoms with Crippen molar-refractivity contribution in [3.8, 4) is 16.9 Å². The Morgan fingerprint density at radius 2 is 1.94 bits per heavy atom. The predicted molar refractivity (Wildman–Crippen MR) is 68.8 cm³/mol. The van der Waals surface area contributed by atoms with Crippen LogP contribution in [0.25, 0.3) is 11.1 Å². The molecule has 2 aromatic rings. The second-order valence-electron chi connectivity index (χ2n) is 3.48. The van der Waals surface area contributed by atoms with E-state index in [1.807, 2.05) is 19.1 Å². The Morgan fingerprint density at radius 1 is 1.18 bits per heavy atom. The maximum absolute atomic E-state index is 6.19. The van der Waals surface area contributed by atoms with Gasteiger partial charge in [0.2, 0.25) is 5.28 Å². The highest BCUT2D eigenvalue weighted by Gasteiger charge is 2.09. The molecule has 1 aromatic carbocycles. The minimum absolute atomic E-state index is 0.232. The van der Waals surface area contributed by atoms with Gasteiger partial charge < -0.3 is 4.74 Å². The van der Waals surface area contributed by atoms with Crippen molar-refractivity contribution in [3.63, 3.8) is 0 Å². The van der Waals surface area contributed by atoms with Crippen molar-refractivity contribution in [3.05, 3.63) is 40.4 Å². The molecule has 0 saturated heterocycles. The highest BCUT2D eigenvalue weighted by molar-refractivity contribution is 6.33. The van der Waals surface area contributed by atoms with Crippen molar-refractivity contribution < 1.29 is 4.74 Å². The molecule has 1 aromatic heterocycles. The van der Waals surface area contributed by atoms with Gasteiger partial charge in [-0.05, 0) is 36.7 Å². The Balaban J connectivity index is 2.53. The van der Waals surface area contributed by atoms with Gasteiger partial charge in [-0.3, -0.25) is 0 Å². The van der Waals surface area contributed by atoms with Gasteiger partial charge in [0, 0.05) is 17.3 Å². The molecule has 1 heterocycles. The van der Waals surface area contributed by atoms with E-state index in [9.17, 15) is 0 Å². The van der Waals surface area contributed by atoms with Crippen LogP contribution in [0.4, 0.5) is 0 Å². The van der Waals surface area contributed by atoms with Crippen molar-refractivity contribution in [2.45, 2.75) is 6.92 Å². The number of hydrogen-bond acceptors (Lipinski definition) is 3. The first kappa shape index (κ1) is 12.1. The Labute approximate surface area is 109 Å². The summed E-state index contributed by atoms with van der Waals surface area (Å²) in [6.45, 7) is 1.86. The van der Waals surface area contributed by atoms with Crippen LogP contribution in [0.1, 0.15) is 5.69 Å². The average Bonchev–Trinajstić information content (AvgIpc) is 2.30. The summed E-state index contributed by atoms with van der Waals surface area (Å²) in [5.41, 5.74) is 2.51. The average molecular weight is 269 g/mol. The van der Waals surface area contributed by atoms with E-state index >= 15 is 0 Å². The summed E-state index contributed by atoms with van der Waals surface area (Å²) < 4.78 is 5.10. The molecular weight excluding hydrogens is 259 g/mol. The summed E-state index contributed by atoms with van der Waals surface area (Å²) in [7, 11) is 1.60. The summed E-state index contributed by atoms with van der Waals surface area (Å²) in [6.07, 6.45) is 1.67. The molecule has 0 aliphatic heterocycles. The molecule has 0 fully saturated rings. The zero-order valence-electron chi connectivity index (χ0n) is 9.37. The van der Waals surface area contributed by atoms with E-state index in [2.05, 4.69) is 9.97 Å². The van der Waals surface area contributed by atoms with Crippen molar-refractivity contribution in [1.82, 2.24) is 9.97 Å². The van der Waals surface area contributed by atoms with Gasteiger partial charge in [-0.25, -0.2) is 9.97 Å². The molecule has 0 radical (unpaired) electrons. The van der Waals surface area contributed by atoms with Crippen LogP contribution >= 0.6 is 23.2 Å². The molecule has 0 amide bonds. The van der Waals surface area contributed by atoms with Crippen molar-refractivity contribution in [2.75, 3.05) is 7.11 Å². The molecule has 0 N–H and O–H groups in total. The second-order valence-corrected chi connectivity index (χ2v) is 4.23. The van der Waals surface area contributed by atoms with Crippen LogP contribution in [-0.4, -0.2) is 17.1 Å². The number of hydrogen-bond donors (Lipinski definition) is 0. The third kappa shape index (κ3) is 2.51. The van der Waals surface area contributed by atoms with Crippen LogP contribution in [0.5, 0.6) is 5.75 Å². The lowest BCUT2D eigenvalue weighted by molar-refractivity contribution is 0.415. The Hall–Kier alpha value is -1.32. The van der Waals surface area contributed by atoms with Crippen LogP contribution < -0.4 is 4.74 Å². The quantitative estimate of drug-likeness (QED) is 0.778. The highest BCUT2D eigenvalue weighted by Crippen LogP contribution is 2.32. The number of ether oxygens (including phenoxy) is 1. The molecule has 0 spiro atoms. The largest absolute Gasteiger partial charge is 0.497 e. The Kier molecular flexibility index (Phi) is 3.50. The normalized spacial score (nSPS) is 10.4. The van der Waals surface area contributed by atoms with Crippen molar-refractivity contribution in [2.24, 2.45) is 0 Å². The van der Waals surface area contributed by atoms with E-state index < -0.39 is 0 Å². The minimum Gasteiger partial charge on any atom is -0.497 e. The number of aryl methyl sites for hydroxylation is 1. The van der Waals surface area contributed by atoms with E-state index in [4.69, 9.17) is 27.9 Å². The lowest BCUT2D eigenvalue weighted by Crippen LogP contribution is -1.92. The first-order chi connectivity index (χ1) is 8.11. The van der Waals surface area contributed by atoms with Gasteiger partial charge in [-0.1, -0.05) is 11.6 Å². The lowest BCUT2D eigenvalue weighted by atomic mass is 10.1. The third-order valence-electron chi connectivity index (χ3n) is 2.42. The maximum Gasteiger partial charge on any atom is 0.222 e. The smallest absolute Gasteiger partial charge is 0.222 e. The molecule has 0 unspecified atom stereocenters. The van der Waals surface area contributed by atoms with Crippen LogP contribution in [0, 0.1) is 6.92 Å². The second kappa shape index (κ2) is 4.90. The van der Waals surface area contributed by atoms with Gasteiger partial charge in [0.15, 0.2) is 0 Å². The molecule has 0 bridgehead atoms. The molecule has 3 nitrogen and oxygen atoms in total. The molecule has 5 heteroatoms. The lowest BCUT2D eigenvalue weighted by Gasteiger charge is -2.08. The van der Waals surface area contributed by atoms with Crippen LogP contribution in [0.15, 0.2) is 24.4 Å². The number of benzene rings is 1. The van der Waals surface area contributed by atoms with Crippen molar-refractivity contribution >= 4 is 23.2 Å². The Bertz CT molecular complexity index is 558. The van der Waals surface area contributed by atoms with Crippen molar-refractivity contribution in [1.29, 1.82) is 0 Å². The molecule has 0 atom stereocenters. The SMILES string of the molecule is COc1ccc(-c2cnc(Cl)nc2C)c(Cl)c1. The van der Waals surface area contributed by atoms with Gasteiger partial charge in [-0.15, -0.1) is 0 Å². The minimum atomic E-state index is 0.232. The summed E-state index contributed by atoms with van der Waals surface area (Å²) in [4.78, 5) is 8.06. The fourth-order valence-electron chi connectivity index (χ4n) is 1.54. The molecule has 88 valence electrons. The van der Waals surface area contributed by atoms with Gasteiger partial charge in [0.1, 0.15) is 5.75 Å². The number of rotatable bonds is 2. The van der Waals surface area contributed by atoms with E-state index in [1.54, 1.807) is 19.4 Å². The van der Waals surface area contributed by atoms with E-state index in [-0.39, 0.29) is 5.28 Å². The molecule has 0 saturated carbocycles. The molecule has 0 aliphatic carbocycles. The predicted octanol–water partition coefficient (Wildman–Crippen LogP) is 3.77. The molecule has 17 heavy (non-hydrogen) atoms. The standard InChI is InChI=1S/C12H10Cl2N2O/c1-7-10(6-15-12(14)16-7)9-4-3-8(17-2)5-11(9)13/h3-6H,1-2H3. The first-order valence-electron chi connectivity index (χ1n) is 4.95. The van der Waals surface area contributed by atoms with Gasteiger partial charge in [-0.2, -0.15) is 0 Å². The maximum atomic E-state index is 6.19. The van der Waals surface area contributed by atoms with Gasteiger partial charge >= 0.3 is 0 Å². The summed E-state index contributed by atoms with van der Waals surface area (Å²) in [5, 5.41) is 0.828. The summed E-state index contributed by atoms with van der Waals surface area (Å²) in [6, 6.07) is 5.47.